The van der Waals surface area contributed by atoms with Crippen molar-refractivity contribution in [2.75, 3.05) is 5.32 Å². The second kappa shape index (κ2) is 5.91. The van der Waals surface area contributed by atoms with Crippen molar-refractivity contribution in [2.45, 2.75) is 53.1 Å². The predicted molar refractivity (Wildman–Crippen MR) is 77.4 cm³/mol. The Balaban J connectivity index is 1.94. The smallest absolute Gasteiger partial charge is 0.203 e. The molecule has 0 aliphatic rings. The molecule has 2 aromatic heterocycles. The van der Waals surface area contributed by atoms with Gasteiger partial charge in [0.15, 0.2) is 0 Å². The molecule has 0 unspecified atom stereocenters. The number of nitrogens with one attached hydrogen (secondary N) is 2. The van der Waals surface area contributed by atoms with E-state index in [0.717, 1.165) is 31.0 Å². The summed E-state index contributed by atoms with van der Waals surface area (Å²) in [5, 5.41) is 10.4. The summed E-state index contributed by atoms with van der Waals surface area (Å²) in [6.45, 7) is 9.32. The number of aryl methyl sites for hydroxylation is 4. The van der Waals surface area contributed by atoms with Crippen LogP contribution >= 0.6 is 0 Å². The molecule has 0 bridgehead atoms. The third kappa shape index (κ3) is 3.59. The fraction of sp³-hybridized carbons (Fsp3) is 0.571. The van der Waals surface area contributed by atoms with E-state index in [1.54, 1.807) is 0 Å². The predicted octanol–water partition coefficient (Wildman–Crippen LogP) is 2.68. The first-order valence-electron chi connectivity index (χ1n) is 6.85. The van der Waals surface area contributed by atoms with Gasteiger partial charge in [-0.15, -0.1) is 0 Å². The van der Waals surface area contributed by atoms with E-state index in [1.165, 1.54) is 11.3 Å². The largest absolute Gasteiger partial charge is 0.353 e. The number of anilines is 1. The maximum atomic E-state index is 4.52. The molecule has 2 rings (SSSR count). The van der Waals surface area contributed by atoms with Crippen LogP contribution in [0.2, 0.25) is 0 Å². The van der Waals surface area contributed by atoms with E-state index in [2.05, 4.69) is 52.0 Å². The standard InChI is InChI=1S/C14H23N5/c1-10(2)16-14-17-11(3)9-19(14)7-5-6-13-8-15-18-12(13)4/h8-10H,5-7H2,1-4H3,(H,15,18)(H,16,17). The van der Waals surface area contributed by atoms with E-state index < -0.39 is 0 Å². The summed E-state index contributed by atoms with van der Waals surface area (Å²) >= 11 is 0. The van der Waals surface area contributed by atoms with Crippen LogP contribution in [0.5, 0.6) is 0 Å². The molecule has 0 saturated carbocycles. The normalized spacial score (nSPS) is 11.2. The molecule has 2 heterocycles. The summed E-state index contributed by atoms with van der Waals surface area (Å²) in [7, 11) is 0. The van der Waals surface area contributed by atoms with E-state index in [0.29, 0.717) is 6.04 Å². The van der Waals surface area contributed by atoms with Crippen molar-refractivity contribution in [1.29, 1.82) is 0 Å². The molecule has 0 spiro atoms. The van der Waals surface area contributed by atoms with Gasteiger partial charge < -0.3 is 9.88 Å². The Morgan fingerprint density at radius 1 is 1.37 bits per heavy atom. The minimum Gasteiger partial charge on any atom is -0.353 e. The van der Waals surface area contributed by atoms with Crippen molar-refractivity contribution < 1.29 is 0 Å². The van der Waals surface area contributed by atoms with Crippen molar-refractivity contribution in [2.24, 2.45) is 0 Å². The molecule has 0 aromatic carbocycles. The highest BCUT2D eigenvalue weighted by Gasteiger charge is 2.07. The van der Waals surface area contributed by atoms with Crippen LogP contribution < -0.4 is 5.32 Å². The van der Waals surface area contributed by atoms with E-state index in [1.807, 2.05) is 13.1 Å². The minimum atomic E-state index is 0.400. The monoisotopic (exact) mass is 261 g/mol. The molecule has 0 saturated heterocycles. The van der Waals surface area contributed by atoms with Crippen molar-refractivity contribution >= 4 is 5.95 Å². The topological polar surface area (TPSA) is 58.5 Å². The molecule has 2 N–H and O–H groups in total. The van der Waals surface area contributed by atoms with Crippen LogP contribution in [0.25, 0.3) is 0 Å². The van der Waals surface area contributed by atoms with Crippen LogP contribution in [0.1, 0.15) is 37.2 Å². The van der Waals surface area contributed by atoms with Gasteiger partial charge in [-0.05, 0) is 46.1 Å². The van der Waals surface area contributed by atoms with E-state index in [9.17, 15) is 0 Å². The van der Waals surface area contributed by atoms with Gasteiger partial charge in [-0.2, -0.15) is 5.10 Å². The molecule has 5 nitrogen and oxygen atoms in total. The molecular weight excluding hydrogens is 238 g/mol. The van der Waals surface area contributed by atoms with Gasteiger partial charge >= 0.3 is 0 Å². The van der Waals surface area contributed by atoms with Gasteiger partial charge in [0, 0.05) is 24.5 Å². The van der Waals surface area contributed by atoms with Crippen LogP contribution in [0, 0.1) is 13.8 Å². The summed E-state index contributed by atoms with van der Waals surface area (Å²) in [5.41, 5.74) is 3.53. The molecule has 0 atom stereocenters. The average Bonchev–Trinajstić information content (AvgIpc) is 2.86. The number of aromatic amines is 1. The fourth-order valence-electron chi connectivity index (χ4n) is 2.16. The number of imidazole rings is 1. The number of H-pyrrole nitrogens is 1. The van der Waals surface area contributed by atoms with E-state index >= 15 is 0 Å². The van der Waals surface area contributed by atoms with Crippen molar-refractivity contribution in [1.82, 2.24) is 19.7 Å². The lowest BCUT2D eigenvalue weighted by molar-refractivity contribution is 0.640. The summed E-state index contributed by atoms with van der Waals surface area (Å²) in [4.78, 5) is 4.52. The maximum Gasteiger partial charge on any atom is 0.203 e. The third-order valence-electron chi connectivity index (χ3n) is 3.09. The van der Waals surface area contributed by atoms with E-state index in [4.69, 9.17) is 0 Å². The molecule has 0 amide bonds. The van der Waals surface area contributed by atoms with Gasteiger partial charge in [-0.25, -0.2) is 4.98 Å². The van der Waals surface area contributed by atoms with Gasteiger partial charge in [0.2, 0.25) is 5.95 Å². The molecule has 19 heavy (non-hydrogen) atoms. The molecular formula is C14H23N5. The van der Waals surface area contributed by atoms with Gasteiger partial charge in [-0.3, -0.25) is 5.10 Å². The summed E-state index contributed by atoms with van der Waals surface area (Å²) < 4.78 is 2.20. The lowest BCUT2D eigenvalue weighted by Gasteiger charge is -2.11. The van der Waals surface area contributed by atoms with Gasteiger partial charge in [0.1, 0.15) is 0 Å². The van der Waals surface area contributed by atoms with Crippen molar-refractivity contribution in [3.8, 4) is 0 Å². The highest BCUT2D eigenvalue weighted by atomic mass is 15.2. The maximum absolute atomic E-state index is 4.52. The zero-order chi connectivity index (χ0) is 13.8. The molecule has 0 aliphatic heterocycles. The first kappa shape index (κ1) is 13.6. The number of rotatable bonds is 6. The fourth-order valence-corrected chi connectivity index (χ4v) is 2.16. The molecule has 0 radical (unpaired) electrons. The Morgan fingerprint density at radius 2 is 2.16 bits per heavy atom. The molecule has 0 aliphatic carbocycles. The average molecular weight is 261 g/mol. The quantitative estimate of drug-likeness (QED) is 0.840. The lowest BCUT2D eigenvalue weighted by Crippen LogP contribution is -2.14. The van der Waals surface area contributed by atoms with Crippen LogP contribution in [0.4, 0.5) is 5.95 Å². The number of nitrogens with zero attached hydrogens (tertiary/aromatic N) is 3. The minimum absolute atomic E-state index is 0.400. The van der Waals surface area contributed by atoms with Crippen LogP contribution in [0.3, 0.4) is 0 Å². The van der Waals surface area contributed by atoms with Crippen LogP contribution in [-0.4, -0.2) is 25.8 Å². The Kier molecular flexibility index (Phi) is 4.24. The Morgan fingerprint density at radius 3 is 2.79 bits per heavy atom. The van der Waals surface area contributed by atoms with Crippen molar-refractivity contribution in [3.05, 3.63) is 29.3 Å². The molecule has 5 heteroatoms. The summed E-state index contributed by atoms with van der Waals surface area (Å²) in [6.07, 6.45) is 6.15. The Bertz CT molecular complexity index is 524. The number of aromatic nitrogens is 4. The first-order valence-corrected chi connectivity index (χ1v) is 6.85. The lowest BCUT2D eigenvalue weighted by atomic mass is 10.1. The summed E-state index contributed by atoms with van der Waals surface area (Å²) in [6, 6.07) is 0.400. The zero-order valence-electron chi connectivity index (χ0n) is 12.2. The second-order valence-electron chi connectivity index (χ2n) is 5.32. The van der Waals surface area contributed by atoms with Crippen molar-refractivity contribution in [3.63, 3.8) is 0 Å². The number of hydrogen-bond donors (Lipinski definition) is 2. The molecule has 104 valence electrons. The van der Waals surface area contributed by atoms with Gasteiger partial charge in [0.25, 0.3) is 0 Å². The van der Waals surface area contributed by atoms with Crippen LogP contribution in [-0.2, 0) is 13.0 Å². The first-order chi connectivity index (χ1) is 9.06. The summed E-state index contributed by atoms with van der Waals surface area (Å²) in [5.74, 6) is 0.969. The second-order valence-corrected chi connectivity index (χ2v) is 5.32. The van der Waals surface area contributed by atoms with Crippen LogP contribution in [0.15, 0.2) is 12.4 Å². The third-order valence-corrected chi connectivity index (χ3v) is 3.09. The molecule has 2 aromatic rings. The Labute approximate surface area is 114 Å². The SMILES string of the molecule is Cc1cn(CCCc2cn[nH]c2C)c(NC(C)C)n1. The van der Waals surface area contributed by atoms with Gasteiger partial charge in [-0.1, -0.05) is 0 Å². The van der Waals surface area contributed by atoms with Gasteiger partial charge in [0.05, 0.1) is 11.9 Å². The highest BCUT2D eigenvalue weighted by Crippen LogP contribution is 2.12. The molecule has 0 fully saturated rings. The zero-order valence-corrected chi connectivity index (χ0v) is 12.2. The highest BCUT2D eigenvalue weighted by molar-refractivity contribution is 5.29. The Hall–Kier alpha value is -1.78. The number of hydrogen-bond acceptors (Lipinski definition) is 3. The van der Waals surface area contributed by atoms with E-state index in [-0.39, 0.29) is 0 Å².